The van der Waals surface area contributed by atoms with Crippen molar-refractivity contribution in [1.29, 1.82) is 0 Å². The SMILES string of the molecule is BrCCOc1ccccc1.CC.CC1CCNCC1. The Morgan fingerprint density at radius 2 is 1.74 bits per heavy atom. The zero-order chi connectivity index (χ0) is 14.3. The van der Waals surface area contributed by atoms with Crippen LogP contribution in [0.2, 0.25) is 0 Å². The van der Waals surface area contributed by atoms with E-state index >= 15 is 0 Å². The largest absolute Gasteiger partial charge is 0.493 e. The normalized spacial score (nSPS) is 14.5. The molecule has 1 aliphatic heterocycles. The summed E-state index contributed by atoms with van der Waals surface area (Å²) in [5.74, 6) is 1.91. The van der Waals surface area contributed by atoms with Gasteiger partial charge in [0.15, 0.2) is 0 Å². The van der Waals surface area contributed by atoms with Gasteiger partial charge in [0.1, 0.15) is 5.75 Å². The van der Waals surface area contributed by atoms with E-state index in [1.807, 2.05) is 44.2 Å². The summed E-state index contributed by atoms with van der Waals surface area (Å²) in [7, 11) is 0. The number of hydrogen-bond acceptors (Lipinski definition) is 2. The van der Waals surface area contributed by atoms with Crippen LogP contribution in [-0.2, 0) is 0 Å². The van der Waals surface area contributed by atoms with Gasteiger partial charge >= 0.3 is 0 Å². The molecule has 0 amide bonds. The van der Waals surface area contributed by atoms with Crippen molar-refractivity contribution in [2.24, 2.45) is 5.92 Å². The summed E-state index contributed by atoms with van der Waals surface area (Å²) in [6.07, 6.45) is 2.75. The molecular weight excluding hydrogens is 302 g/mol. The molecule has 0 radical (unpaired) electrons. The first-order valence-electron chi connectivity index (χ1n) is 7.27. The van der Waals surface area contributed by atoms with Crippen LogP contribution in [0.1, 0.15) is 33.6 Å². The number of hydrogen-bond donors (Lipinski definition) is 1. The van der Waals surface area contributed by atoms with Gasteiger partial charge in [-0.3, -0.25) is 0 Å². The Labute approximate surface area is 127 Å². The van der Waals surface area contributed by atoms with Crippen LogP contribution in [0, 0.1) is 5.92 Å². The van der Waals surface area contributed by atoms with Gasteiger partial charge in [-0.25, -0.2) is 0 Å². The van der Waals surface area contributed by atoms with Crippen molar-refractivity contribution in [2.45, 2.75) is 33.6 Å². The van der Waals surface area contributed by atoms with Crippen LogP contribution >= 0.6 is 15.9 Å². The highest BCUT2D eigenvalue weighted by Crippen LogP contribution is 2.08. The van der Waals surface area contributed by atoms with E-state index in [0.717, 1.165) is 23.6 Å². The molecule has 0 spiro atoms. The quantitative estimate of drug-likeness (QED) is 0.825. The molecule has 1 aromatic carbocycles. The van der Waals surface area contributed by atoms with Crippen LogP contribution in [0.5, 0.6) is 5.75 Å². The minimum atomic E-state index is 0.726. The highest BCUT2D eigenvalue weighted by molar-refractivity contribution is 9.09. The number of benzene rings is 1. The Balaban J connectivity index is 0.000000316. The van der Waals surface area contributed by atoms with Gasteiger partial charge in [0.25, 0.3) is 0 Å². The van der Waals surface area contributed by atoms with Crippen LogP contribution in [0.4, 0.5) is 0 Å². The molecule has 0 aromatic heterocycles. The third-order valence-electron chi connectivity index (χ3n) is 2.72. The van der Waals surface area contributed by atoms with E-state index in [9.17, 15) is 0 Å². The van der Waals surface area contributed by atoms with Crippen LogP contribution < -0.4 is 10.1 Å². The second-order valence-electron chi connectivity index (χ2n) is 4.28. The summed E-state index contributed by atoms with van der Waals surface area (Å²) in [5, 5.41) is 4.19. The summed E-state index contributed by atoms with van der Waals surface area (Å²) in [5.41, 5.74) is 0. The molecule has 1 N–H and O–H groups in total. The van der Waals surface area contributed by atoms with Crippen molar-refractivity contribution in [3.05, 3.63) is 30.3 Å². The maximum absolute atomic E-state index is 5.31. The lowest BCUT2D eigenvalue weighted by Crippen LogP contribution is -2.26. The summed E-state index contributed by atoms with van der Waals surface area (Å²) in [4.78, 5) is 0. The van der Waals surface area contributed by atoms with E-state index in [4.69, 9.17) is 4.74 Å². The number of ether oxygens (including phenoxy) is 1. The zero-order valence-corrected chi connectivity index (χ0v) is 14.1. The van der Waals surface area contributed by atoms with Gasteiger partial charge < -0.3 is 10.1 Å². The summed E-state index contributed by atoms with van der Waals surface area (Å²) >= 11 is 3.28. The fraction of sp³-hybridized carbons (Fsp3) is 0.625. The molecule has 19 heavy (non-hydrogen) atoms. The predicted octanol–water partition coefficient (Wildman–Crippen LogP) is 4.49. The van der Waals surface area contributed by atoms with Gasteiger partial charge in [-0.2, -0.15) is 0 Å². The molecule has 2 rings (SSSR count). The lowest BCUT2D eigenvalue weighted by atomic mass is 10.0. The van der Waals surface area contributed by atoms with Crippen molar-refractivity contribution >= 4 is 15.9 Å². The Bertz CT molecular complexity index is 273. The fourth-order valence-electron chi connectivity index (χ4n) is 1.64. The first-order chi connectivity index (χ1) is 9.33. The molecule has 1 saturated heterocycles. The van der Waals surface area contributed by atoms with Gasteiger partial charge in [0.05, 0.1) is 6.61 Å². The van der Waals surface area contributed by atoms with E-state index in [0.29, 0.717) is 0 Å². The fourth-order valence-corrected chi connectivity index (χ4v) is 1.80. The van der Waals surface area contributed by atoms with E-state index in [1.165, 1.54) is 25.9 Å². The molecule has 0 atom stereocenters. The Morgan fingerprint density at radius 3 is 2.16 bits per heavy atom. The first kappa shape index (κ1) is 18.5. The van der Waals surface area contributed by atoms with Crippen LogP contribution in [0.15, 0.2) is 30.3 Å². The third-order valence-corrected chi connectivity index (χ3v) is 3.04. The third kappa shape index (κ3) is 11.0. The topological polar surface area (TPSA) is 21.3 Å². The number of piperidine rings is 1. The Hall–Kier alpha value is -0.540. The van der Waals surface area contributed by atoms with Gasteiger partial charge in [0.2, 0.25) is 0 Å². The number of rotatable bonds is 3. The van der Waals surface area contributed by atoms with Crippen molar-refractivity contribution in [3.8, 4) is 5.75 Å². The second-order valence-corrected chi connectivity index (χ2v) is 5.08. The summed E-state index contributed by atoms with van der Waals surface area (Å²) in [6, 6.07) is 9.79. The highest BCUT2D eigenvalue weighted by Gasteiger charge is 2.05. The minimum absolute atomic E-state index is 0.726. The summed E-state index contributed by atoms with van der Waals surface area (Å²) < 4.78 is 5.31. The van der Waals surface area contributed by atoms with Gasteiger partial charge in [0, 0.05) is 5.33 Å². The molecule has 0 bridgehead atoms. The molecule has 1 aromatic rings. The standard InChI is InChI=1S/C8H9BrO.C6H13N.C2H6/c9-6-7-10-8-4-2-1-3-5-8;1-6-2-4-7-5-3-6;1-2/h1-5H,6-7H2;6-7H,2-5H2,1H3;1-2H3. The van der Waals surface area contributed by atoms with Crippen molar-refractivity contribution in [3.63, 3.8) is 0 Å². The lowest BCUT2D eigenvalue weighted by Gasteiger charge is -2.17. The Kier molecular flexibility index (Phi) is 13.5. The van der Waals surface area contributed by atoms with Crippen molar-refractivity contribution in [2.75, 3.05) is 25.0 Å². The van der Waals surface area contributed by atoms with E-state index in [1.54, 1.807) is 0 Å². The second kappa shape index (κ2) is 13.9. The zero-order valence-electron chi connectivity index (χ0n) is 12.5. The van der Waals surface area contributed by atoms with Gasteiger partial charge in [-0.1, -0.05) is 54.9 Å². The summed E-state index contributed by atoms with van der Waals surface area (Å²) in [6.45, 7) is 9.52. The molecular formula is C16H28BrNO. The number of para-hydroxylation sites is 1. The molecule has 0 aliphatic carbocycles. The molecule has 0 saturated carbocycles. The van der Waals surface area contributed by atoms with E-state index < -0.39 is 0 Å². The average Bonchev–Trinajstić information content (AvgIpc) is 2.50. The molecule has 3 heteroatoms. The molecule has 2 nitrogen and oxygen atoms in total. The van der Waals surface area contributed by atoms with Crippen molar-refractivity contribution < 1.29 is 4.74 Å². The van der Waals surface area contributed by atoms with Gasteiger partial charge in [-0.15, -0.1) is 0 Å². The molecule has 1 heterocycles. The molecule has 110 valence electrons. The predicted molar refractivity (Wildman–Crippen MR) is 88.3 cm³/mol. The number of nitrogens with one attached hydrogen (secondary N) is 1. The molecule has 1 fully saturated rings. The van der Waals surface area contributed by atoms with Crippen LogP contribution in [0.3, 0.4) is 0 Å². The molecule has 0 unspecified atom stereocenters. The molecule has 1 aliphatic rings. The highest BCUT2D eigenvalue weighted by atomic mass is 79.9. The van der Waals surface area contributed by atoms with Crippen molar-refractivity contribution in [1.82, 2.24) is 5.32 Å². The van der Waals surface area contributed by atoms with Gasteiger partial charge in [-0.05, 0) is 44.0 Å². The van der Waals surface area contributed by atoms with E-state index in [2.05, 4.69) is 28.2 Å². The number of alkyl halides is 1. The Morgan fingerprint density at radius 1 is 1.16 bits per heavy atom. The first-order valence-corrected chi connectivity index (χ1v) is 8.39. The number of halogens is 1. The monoisotopic (exact) mass is 329 g/mol. The average molecular weight is 330 g/mol. The lowest BCUT2D eigenvalue weighted by molar-refractivity contribution is 0.345. The minimum Gasteiger partial charge on any atom is -0.493 e. The maximum Gasteiger partial charge on any atom is 0.119 e. The maximum atomic E-state index is 5.31. The van der Waals surface area contributed by atoms with E-state index in [-0.39, 0.29) is 0 Å². The van der Waals surface area contributed by atoms with Crippen LogP contribution in [0.25, 0.3) is 0 Å². The van der Waals surface area contributed by atoms with Crippen LogP contribution in [-0.4, -0.2) is 25.0 Å². The smallest absolute Gasteiger partial charge is 0.119 e.